The zero-order chi connectivity index (χ0) is 12.2. The van der Waals surface area contributed by atoms with Crippen molar-refractivity contribution in [1.29, 1.82) is 0 Å². The quantitative estimate of drug-likeness (QED) is 0.811. The molecule has 1 fully saturated rings. The van der Waals surface area contributed by atoms with Crippen LogP contribution < -0.4 is 9.47 Å². The molecule has 0 spiro atoms. The summed E-state index contributed by atoms with van der Waals surface area (Å²) in [5.74, 6) is 1.84. The molecular weight excluding hydrogens is 224 g/mol. The summed E-state index contributed by atoms with van der Waals surface area (Å²) in [5, 5.41) is 0. The van der Waals surface area contributed by atoms with Crippen molar-refractivity contribution in [2.45, 2.75) is 25.0 Å². The van der Waals surface area contributed by atoms with E-state index in [1.807, 2.05) is 60.7 Å². The normalized spacial score (nSPS) is 22.0. The Morgan fingerprint density at radius 1 is 0.611 bits per heavy atom. The van der Waals surface area contributed by atoms with Crippen molar-refractivity contribution in [2.24, 2.45) is 0 Å². The molecule has 18 heavy (non-hydrogen) atoms. The highest BCUT2D eigenvalue weighted by Gasteiger charge is 2.34. The molecule has 1 aliphatic carbocycles. The number of hydrogen-bond donors (Lipinski definition) is 0. The molecule has 0 saturated heterocycles. The van der Waals surface area contributed by atoms with Gasteiger partial charge in [-0.2, -0.15) is 0 Å². The summed E-state index contributed by atoms with van der Waals surface area (Å²) < 4.78 is 11.8. The molecule has 2 heteroatoms. The van der Waals surface area contributed by atoms with Gasteiger partial charge in [0, 0.05) is 0 Å². The molecule has 0 radical (unpaired) electrons. The predicted octanol–water partition coefficient (Wildman–Crippen LogP) is 3.68. The van der Waals surface area contributed by atoms with Gasteiger partial charge in [-0.25, -0.2) is 0 Å². The summed E-state index contributed by atoms with van der Waals surface area (Å²) >= 11 is 0. The van der Waals surface area contributed by atoms with E-state index in [-0.39, 0.29) is 12.2 Å². The van der Waals surface area contributed by atoms with E-state index in [2.05, 4.69) is 0 Å². The lowest BCUT2D eigenvalue weighted by Crippen LogP contribution is -2.45. The van der Waals surface area contributed by atoms with E-state index in [1.165, 1.54) is 0 Å². The van der Waals surface area contributed by atoms with Crippen LogP contribution in [0.25, 0.3) is 0 Å². The molecule has 2 aromatic carbocycles. The number of ether oxygens (including phenoxy) is 2. The maximum Gasteiger partial charge on any atom is 0.136 e. The van der Waals surface area contributed by atoms with Crippen molar-refractivity contribution >= 4 is 0 Å². The van der Waals surface area contributed by atoms with Gasteiger partial charge in [0.15, 0.2) is 0 Å². The molecule has 92 valence electrons. The SMILES string of the molecule is c1ccc(OC2CCC2Oc2ccccc2)cc1. The molecule has 0 aliphatic heterocycles. The molecule has 0 amide bonds. The van der Waals surface area contributed by atoms with Gasteiger partial charge in [-0.05, 0) is 37.1 Å². The van der Waals surface area contributed by atoms with Crippen molar-refractivity contribution in [3.05, 3.63) is 60.7 Å². The smallest absolute Gasteiger partial charge is 0.136 e. The van der Waals surface area contributed by atoms with Gasteiger partial charge in [0.05, 0.1) is 0 Å². The molecule has 1 saturated carbocycles. The Kier molecular flexibility index (Phi) is 3.18. The fraction of sp³-hybridized carbons (Fsp3) is 0.250. The highest BCUT2D eigenvalue weighted by molar-refractivity contribution is 5.23. The van der Waals surface area contributed by atoms with Crippen LogP contribution in [0.3, 0.4) is 0 Å². The third-order valence-corrected chi connectivity index (χ3v) is 3.21. The number of hydrogen-bond acceptors (Lipinski definition) is 2. The van der Waals surface area contributed by atoms with Crippen LogP contribution in [0.5, 0.6) is 11.5 Å². The molecule has 0 N–H and O–H groups in total. The third kappa shape index (κ3) is 2.48. The second kappa shape index (κ2) is 5.13. The Morgan fingerprint density at radius 3 is 1.33 bits per heavy atom. The predicted molar refractivity (Wildman–Crippen MR) is 71.0 cm³/mol. The van der Waals surface area contributed by atoms with E-state index < -0.39 is 0 Å². The fourth-order valence-corrected chi connectivity index (χ4v) is 2.06. The Labute approximate surface area is 107 Å². The van der Waals surface area contributed by atoms with Crippen LogP contribution >= 0.6 is 0 Å². The molecule has 3 rings (SSSR count). The van der Waals surface area contributed by atoms with Crippen LogP contribution in [0.15, 0.2) is 60.7 Å². The lowest BCUT2D eigenvalue weighted by molar-refractivity contribution is -0.0196. The summed E-state index contributed by atoms with van der Waals surface area (Å²) in [6.45, 7) is 0. The first kappa shape index (κ1) is 11.1. The van der Waals surface area contributed by atoms with Gasteiger partial charge in [-0.3, -0.25) is 0 Å². The van der Waals surface area contributed by atoms with Crippen LogP contribution in [0.1, 0.15) is 12.8 Å². The Balaban J connectivity index is 1.59. The highest BCUT2D eigenvalue weighted by Crippen LogP contribution is 2.29. The minimum atomic E-state index is 0.174. The van der Waals surface area contributed by atoms with Crippen LogP contribution in [0.2, 0.25) is 0 Å². The van der Waals surface area contributed by atoms with Gasteiger partial charge in [-0.15, -0.1) is 0 Å². The van der Waals surface area contributed by atoms with Gasteiger partial charge in [0.2, 0.25) is 0 Å². The Morgan fingerprint density at radius 2 is 1.00 bits per heavy atom. The number of rotatable bonds is 4. The fourth-order valence-electron chi connectivity index (χ4n) is 2.06. The first-order valence-electron chi connectivity index (χ1n) is 6.35. The van der Waals surface area contributed by atoms with E-state index in [9.17, 15) is 0 Å². The zero-order valence-corrected chi connectivity index (χ0v) is 10.2. The van der Waals surface area contributed by atoms with Crippen LogP contribution in [0.4, 0.5) is 0 Å². The van der Waals surface area contributed by atoms with Gasteiger partial charge >= 0.3 is 0 Å². The van der Waals surface area contributed by atoms with Crippen LogP contribution in [-0.4, -0.2) is 12.2 Å². The van der Waals surface area contributed by atoms with E-state index in [0.29, 0.717) is 0 Å². The second-order valence-electron chi connectivity index (χ2n) is 4.52. The first-order chi connectivity index (χ1) is 8.92. The minimum absolute atomic E-state index is 0.174. The van der Waals surface area contributed by atoms with Gasteiger partial charge in [0.25, 0.3) is 0 Å². The summed E-state index contributed by atoms with van der Waals surface area (Å²) in [7, 11) is 0. The molecule has 2 aromatic rings. The maximum absolute atomic E-state index is 5.91. The molecule has 0 aromatic heterocycles. The van der Waals surface area contributed by atoms with Gasteiger partial charge < -0.3 is 9.47 Å². The lowest BCUT2D eigenvalue weighted by atomic mass is 9.91. The largest absolute Gasteiger partial charge is 0.487 e. The van der Waals surface area contributed by atoms with Crippen molar-refractivity contribution in [3.63, 3.8) is 0 Å². The topological polar surface area (TPSA) is 18.5 Å². The summed E-state index contributed by atoms with van der Waals surface area (Å²) in [5.41, 5.74) is 0. The van der Waals surface area contributed by atoms with E-state index in [0.717, 1.165) is 24.3 Å². The number of para-hydroxylation sites is 2. The van der Waals surface area contributed by atoms with E-state index in [1.54, 1.807) is 0 Å². The molecule has 2 atom stereocenters. The summed E-state index contributed by atoms with van der Waals surface area (Å²) in [4.78, 5) is 0. The molecule has 0 heterocycles. The lowest BCUT2D eigenvalue weighted by Gasteiger charge is -2.36. The van der Waals surface area contributed by atoms with Gasteiger partial charge in [0.1, 0.15) is 23.7 Å². The van der Waals surface area contributed by atoms with Crippen molar-refractivity contribution in [3.8, 4) is 11.5 Å². The minimum Gasteiger partial charge on any atom is -0.487 e. The van der Waals surface area contributed by atoms with Crippen LogP contribution in [0, 0.1) is 0 Å². The van der Waals surface area contributed by atoms with Crippen LogP contribution in [-0.2, 0) is 0 Å². The van der Waals surface area contributed by atoms with Gasteiger partial charge in [-0.1, -0.05) is 36.4 Å². The molecule has 1 aliphatic rings. The average molecular weight is 240 g/mol. The maximum atomic E-state index is 5.91. The van der Waals surface area contributed by atoms with Crippen molar-refractivity contribution in [2.75, 3.05) is 0 Å². The molecular formula is C16H16O2. The summed E-state index contributed by atoms with van der Waals surface area (Å²) in [6.07, 6.45) is 2.47. The zero-order valence-electron chi connectivity index (χ0n) is 10.2. The standard InChI is InChI=1S/C16H16O2/c1-3-7-13(8-4-1)17-15-11-12-16(15)18-14-9-5-2-6-10-14/h1-10,15-16H,11-12H2. The third-order valence-electron chi connectivity index (χ3n) is 3.21. The van der Waals surface area contributed by atoms with E-state index >= 15 is 0 Å². The van der Waals surface area contributed by atoms with E-state index in [4.69, 9.17) is 9.47 Å². The summed E-state index contributed by atoms with van der Waals surface area (Å²) in [6, 6.07) is 19.9. The molecule has 2 unspecified atom stereocenters. The Hall–Kier alpha value is -1.96. The Bertz CT molecular complexity index is 433. The number of benzene rings is 2. The first-order valence-corrected chi connectivity index (χ1v) is 6.35. The highest BCUT2D eigenvalue weighted by atomic mass is 16.5. The molecule has 2 nitrogen and oxygen atoms in total. The van der Waals surface area contributed by atoms with Crippen molar-refractivity contribution in [1.82, 2.24) is 0 Å². The molecule has 0 bridgehead atoms. The van der Waals surface area contributed by atoms with Crippen molar-refractivity contribution < 1.29 is 9.47 Å². The second-order valence-corrected chi connectivity index (χ2v) is 4.52. The monoisotopic (exact) mass is 240 g/mol. The average Bonchev–Trinajstić information content (AvgIpc) is 2.43.